The maximum Gasteiger partial charge on any atom is 0.319 e. The van der Waals surface area contributed by atoms with Crippen molar-refractivity contribution in [3.63, 3.8) is 0 Å². The number of anilines is 1. The van der Waals surface area contributed by atoms with Crippen LogP contribution in [0.25, 0.3) is 0 Å². The second-order valence-corrected chi connectivity index (χ2v) is 6.03. The third-order valence-corrected chi connectivity index (χ3v) is 4.56. The van der Waals surface area contributed by atoms with Gasteiger partial charge in [-0.3, -0.25) is 4.79 Å². The van der Waals surface area contributed by atoms with Gasteiger partial charge in [-0.15, -0.1) is 11.8 Å². The van der Waals surface area contributed by atoms with Crippen LogP contribution in [0.4, 0.5) is 10.5 Å². The molecule has 0 aromatic heterocycles. The Balaban J connectivity index is 1.84. The summed E-state index contributed by atoms with van der Waals surface area (Å²) in [5, 5.41) is 14.7. The molecule has 0 saturated heterocycles. The molecule has 0 aliphatic heterocycles. The van der Waals surface area contributed by atoms with Gasteiger partial charge in [-0.25, -0.2) is 4.79 Å². The van der Waals surface area contributed by atoms with Crippen molar-refractivity contribution in [3.05, 3.63) is 24.3 Å². The van der Waals surface area contributed by atoms with E-state index in [1.54, 1.807) is 11.8 Å². The van der Waals surface area contributed by atoms with Crippen LogP contribution in [0, 0.1) is 5.92 Å². The molecular formula is C15H20N2O3S. The predicted octanol–water partition coefficient (Wildman–Crippen LogP) is 3.17. The summed E-state index contributed by atoms with van der Waals surface area (Å²) in [5.41, 5.74) is 0.793. The molecule has 2 amide bonds. The maximum atomic E-state index is 12.0. The third-order valence-electron chi connectivity index (χ3n) is 3.77. The van der Waals surface area contributed by atoms with Crippen molar-refractivity contribution in [1.82, 2.24) is 5.32 Å². The van der Waals surface area contributed by atoms with E-state index in [1.807, 2.05) is 30.5 Å². The first-order chi connectivity index (χ1) is 10.1. The zero-order valence-corrected chi connectivity index (χ0v) is 12.8. The van der Waals surface area contributed by atoms with E-state index in [4.69, 9.17) is 5.11 Å². The topological polar surface area (TPSA) is 78.4 Å². The van der Waals surface area contributed by atoms with E-state index < -0.39 is 5.97 Å². The SMILES string of the molecule is CSc1ccccc1NC(=O)NC1CCC(C(=O)O)CC1. The van der Waals surface area contributed by atoms with Gasteiger partial charge in [-0.1, -0.05) is 12.1 Å². The molecule has 0 bridgehead atoms. The van der Waals surface area contributed by atoms with Crippen molar-refractivity contribution in [2.45, 2.75) is 36.6 Å². The first-order valence-electron chi connectivity index (χ1n) is 7.03. The van der Waals surface area contributed by atoms with E-state index >= 15 is 0 Å². The van der Waals surface area contributed by atoms with Crippen LogP contribution in [-0.2, 0) is 4.79 Å². The minimum atomic E-state index is -0.730. The fourth-order valence-corrected chi connectivity index (χ4v) is 3.13. The van der Waals surface area contributed by atoms with Crippen LogP contribution >= 0.6 is 11.8 Å². The summed E-state index contributed by atoms with van der Waals surface area (Å²) in [6, 6.07) is 7.47. The molecule has 1 aliphatic rings. The lowest BCUT2D eigenvalue weighted by atomic mass is 9.86. The number of carbonyl (C=O) groups excluding carboxylic acids is 1. The molecule has 2 rings (SSSR count). The minimum absolute atomic E-state index is 0.0574. The molecule has 1 aromatic carbocycles. The van der Waals surface area contributed by atoms with Gasteiger partial charge in [0.25, 0.3) is 0 Å². The van der Waals surface area contributed by atoms with Gasteiger partial charge in [-0.05, 0) is 44.1 Å². The highest BCUT2D eigenvalue weighted by molar-refractivity contribution is 7.98. The molecule has 0 atom stereocenters. The molecule has 3 N–H and O–H groups in total. The molecule has 1 fully saturated rings. The second kappa shape index (κ2) is 7.36. The van der Waals surface area contributed by atoms with Gasteiger partial charge < -0.3 is 15.7 Å². The van der Waals surface area contributed by atoms with E-state index in [-0.39, 0.29) is 18.0 Å². The molecular weight excluding hydrogens is 288 g/mol. The standard InChI is InChI=1S/C15H20N2O3S/c1-21-13-5-3-2-4-12(13)17-15(20)16-11-8-6-10(7-9-11)14(18)19/h2-5,10-11H,6-9H2,1H3,(H,18,19)(H2,16,17,20). The number of carbonyl (C=O) groups is 2. The monoisotopic (exact) mass is 308 g/mol. The summed E-state index contributed by atoms with van der Waals surface area (Å²) in [6.45, 7) is 0. The fourth-order valence-electron chi connectivity index (χ4n) is 2.58. The summed E-state index contributed by atoms with van der Waals surface area (Å²) in [5.74, 6) is -0.991. The summed E-state index contributed by atoms with van der Waals surface area (Å²) in [6.07, 6.45) is 4.65. The number of aliphatic carboxylic acids is 1. The van der Waals surface area contributed by atoms with Crippen molar-refractivity contribution in [2.75, 3.05) is 11.6 Å². The molecule has 5 nitrogen and oxygen atoms in total. The van der Waals surface area contributed by atoms with Gasteiger partial charge in [0.05, 0.1) is 11.6 Å². The lowest BCUT2D eigenvalue weighted by Crippen LogP contribution is -2.41. The van der Waals surface area contributed by atoms with E-state index in [9.17, 15) is 9.59 Å². The van der Waals surface area contributed by atoms with Crippen molar-refractivity contribution >= 4 is 29.4 Å². The Bertz CT molecular complexity index is 513. The lowest BCUT2D eigenvalue weighted by molar-refractivity contribution is -0.142. The van der Waals surface area contributed by atoms with Crippen LogP contribution in [0.5, 0.6) is 0 Å². The molecule has 1 aliphatic carbocycles. The Morgan fingerprint density at radius 1 is 1.19 bits per heavy atom. The Morgan fingerprint density at radius 2 is 1.86 bits per heavy atom. The van der Waals surface area contributed by atoms with Gasteiger partial charge in [0.1, 0.15) is 0 Å². The number of urea groups is 1. The maximum absolute atomic E-state index is 12.0. The van der Waals surface area contributed by atoms with E-state index in [0.29, 0.717) is 25.7 Å². The number of para-hydroxylation sites is 1. The van der Waals surface area contributed by atoms with Crippen molar-refractivity contribution in [1.29, 1.82) is 0 Å². The highest BCUT2D eigenvalue weighted by atomic mass is 32.2. The number of amides is 2. The molecule has 1 saturated carbocycles. The summed E-state index contributed by atoms with van der Waals surface area (Å²) in [4.78, 5) is 23.9. The number of hydrogen-bond donors (Lipinski definition) is 3. The van der Waals surface area contributed by atoms with Crippen molar-refractivity contribution in [2.24, 2.45) is 5.92 Å². The normalized spacial score (nSPS) is 21.6. The van der Waals surface area contributed by atoms with Crippen LogP contribution in [0.3, 0.4) is 0 Å². The fraction of sp³-hybridized carbons (Fsp3) is 0.467. The van der Waals surface area contributed by atoms with Crippen LogP contribution in [0.15, 0.2) is 29.2 Å². The molecule has 114 valence electrons. The van der Waals surface area contributed by atoms with Crippen molar-refractivity contribution in [3.8, 4) is 0 Å². The van der Waals surface area contributed by atoms with Gasteiger partial charge >= 0.3 is 12.0 Å². The predicted molar refractivity (Wildman–Crippen MR) is 83.8 cm³/mol. The summed E-state index contributed by atoms with van der Waals surface area (Å²) < 4.78 is 0. The number of carboxylic acid groups (broad SMARTS) is 1. The average molecular weight is 308 g/mol. The largest absolute Gasteiger partial charge is 0.481 e. The van der Waals surface area contributed by atoms with E-state index in [0.717, 1.165) is 10.6 Å². The van der Waals surface area contributed by atoms with Crippen LogP contribution in [-0.4, -0.2) is 29.4 Å². The molecule has 21 heavy (non-hydrogen) atoms. The highest BCUT2D eigenvalue weighted by Gasteiger charge is 2.26. The summed E-state index contributed by atoms with van der Waals surface area (Å²) in [7, 11) is 0. The Kier molecular flexibility index (Phi) is 5.50. The van der Waals surface area contributed by atoms with Gasteiger partial charge in [0, 0.05) is 10.9 Å². The molecule has 0 unspecified atom stereocenters. The number of carboxylic acids is 1. The number of benzene rings is 1. The minimum Gasteiger partial charge on any atom is -0.481 e. The number of rotatable bonds is 4. The Morgan fingerprint density at radius 3 is 2.48 bits per heavy atom. The van der Waals surface area contributed by atoms with Gasteiger partial charge in [0.15, 0.2) is 0 Å². The lowest BCUT2D eigenvalue weighted by Gasteiger charge is -2.27. The quantitative estimate of drug-likeness (QED) is 0.747. The first kappa shape index (κ1) is 15.7. The van der Waals surface area contributed by atoms with Gasteiger partial charge in [0.2, 0.25) is 0 Å². The zero-order chi connectivity index (χ0) is 15.2. The zero-order valence-electron chi connectivity index (χ0n) is 12.0. The van der Waals surface area contributed by atoms with Crippen LogP contribution in [0.2, 0.25) is 0 Å². The molecule has 1 aromatic rings. The second-order valence-electron chi connectivity index (χ2n) is 5.19. The van der Waals surface area contributed by atoms with E-state index in [2.05, 4.69) is 10.6 Å². The molecule has 0 radical (unpaired) electrons. The summed E-state index contributed by atoms with van der Waals surface area (Å²) >= 11 is 1.58. The molecule has 0 heterocycles. The molecule has 0 spiro atoms. The smallest absolute Gasteiger partial charge is 0.319 e. The number of hydrogen-bond acceptors (Lipinski definition) is 3. The third kappa shape index (κ3) is 4.39. The number of thioether (sulfide) groups is 1. The Labute approximate surface area is 128 Å². The van der Waals surface area contributed by atoms with E-state index in [1.165, 1.54) is 0 Å². The van der Waals surface area contributed by atoms with Crippen LogP contribution in [0.1, 0.15) is 25.7 Å². The average Bonchev–Trinajstić information content (AvgIpc) is 2.48. The highest BCUT2D eigenvalue weighted by Crippen LogP contribution is 2.26. The molecule has 6 heteroatoms. The van der Waals surface area contributed by atoms with Gasteiger partial charge in [-0.2, -0.15) is 0 Å². The first-order valence-corrected chi connectivity index (χ1v) is 8.26. The van der Waals surface area contributed by atoms with Crippen LogP contribution < -0.4 is 10.6 Å². The number of nitrogens with one attached hydrogen (secondary N) is 2. The van der Waals surface area contributed by atoms with Crippen molar-refractivity contribution < 1.29 is 14.7 Å². The Hall–Kier alpha value is -1.69.